The summed E-state index contributed by atoms with van der Waals surface area (Å²) >= 11 is 3.43. The van der Waals surface area contributed by atoms with Crippen molar-refractivity contribution in [3.63, 3.8) is 0 Å². The normalized spacial score (nSPS) is 10.3. The van der Waals surface area contributed by atoms with Gasteiger partial charge in [-0.1, -0.05) is 17.2 Å². The van der Waals surface area contributed by atoms with Crippen LogP contribution in [-0.2, 0) is 0 Å². The first-order valence-electron chi connectivity index (χ1n) is 6.50. The van der Waals surface area contributed by atoms with Gasteiger partial charge in [-0.3, -0.25) is 4.79 Å². The molecule has 0 radical (unpaired) electrons. The fraction of sp³-hybridized carbons (Fsp3) is 0.235. The molecule has 0 heterocycles. The number of aryl methyl sites for hydroxylation is 2. The maximum Gasteiger partial charge on any atom is 0.194 e. The molecule has 2 aromatic carbocycles. The zero-order valence-corrected chi connectivity index (χ0v) is 14.1. The quantitative estimate of drug-likeness (QED) is 0.772. The van der Waals surface area contributed by atoms with E-state index < -0.39 is 0 Å². The molecule has 0 amide bonds. The van der Waals surface area contributed by atoms with E-state index in [1.54, 1.807) is 26.4 Å². The molecule has 4 heteroatoms. The maximum absolute atomic E-state index is 12.7. The second-order valence-corrected chi connectivity index (χ2v) is 5.75. The second kappa shape index (κ2) is 6.31. The summed E-state index contributed by atoms with van der Waals surface area (Å²) in [5.74, 6) is 1.07. The van der Waals surface area contributed by atoms with Crippen LogP contribution < -0.4 is 9.47 Å². The lowest BCUT2D eigenvalue weighted by molar-refractivity contribution is 0.103. The van der Waals surface area contributed by atoms with Gasteiger partial charge in [0.15, 0.2) is 17.3 Å². The molecule has 0 saturated heterocycles. The average Bonchev–Trinajstić information content (AvgIpc) is 2.45. The number of carbonyl (C=O) groups is 1. The molecule has 0 aliphatic rings. The average molecular weight is 349 g/mol. The first-order chi connectivity index (χ1) is 9.96. The molecule has 2 rings (SSSR count). The van der Waals surface area contributed by atoms with Crippen molar-refractivity contribution in [2.24, 2.45) is 0 Å². The fourth-order valence-corrected chi connectivity index (χ4v) is 2.79. The number of halogens is 1. The number of rotatable bonds is 4. The van der Waals surface area contributed by atoms with E-state index in [2.05, 4.69) is 15.9 Å². The Morgan fingerprint density at radius 2 is 1.43 bits per heavy atom. The number of ketones is 1. The number of ether oxygens (including phenoxy) is 2. The Labute approximate surface area is 133 Å². The molecular formula is C17H17BrO3. The minimum atomic E-state index is -0.0466. The summed E-state index contributed by atoms with van der Waals surface area (Å²) in [5.41, 5.74) is 3.35. The van der Waals surface area contributed by atoms with Crippen LogP contribution in [0.5, 0.6) is 11.5 Å². The molecule has 0 saturated carbocycles. The van der Waals surface area contributed by atoms with Crippen molar-refractivity contribution >= 4 is 21.7 Å². The van der Waals surface area contributed by atoms with Crippen LogP contribution in [0.25, 0.3) is 0 Å². The molecule has 3 nitrogen and oxygen atoms in total. The Morgan fingerprint density at radius 1 is 0.905 bits per heavy atom. The molecule has 0 atom stereocenters. The van der Waals surface area contributed by atoms with Gasteiger partial charge in [0.1, 0.15) is 0 Å². The SMILES string of the molecule is COc1cc(Br)c(C(=O)c2cc(C)cc(C)c2)cc1OC. The van der Waals surface area contributed by atoms with E-state index in [-0.39, 0.29) is 5.78 Å². The third-order valence-corrected chi connectivity index (χ3v) is 3.86. The third kappa shape index (κ3) is 3.27. The van der Waals surface area contributed by atoms with Crippen molar-refractivity contribution in [3.05, 3.63) is 57.1 Å². The van der Waals surface area contributed by atoms with Crippen LogP contribution in [-0.4, -0.2) is 20.0 Å². The lowest BCUT2D eigenvalue weighted by atomic mass is 9.99. The molecule has 2 aromatic rings. The summed E-state index contributed by atoms with van der Waals surface area (Å²) in [5, 5.41) is 0. The largest absolute Gasteiger partial charge is 0.493 e. The van der Waals surface area contributed by atoms with E-state index in [0.717, 1.165) is 11.1 Å². The second-order valence-electron chi connectivity index (χ2n) is 4.89. The first-order valence-corrected chi connectivity index (χ1v) is 7.30. The minimum Gasteiger partial charge on any atom is -0.493 e. The van der Waals surface area contributed by atoms with Gasteiger partial charge in [0.05, 0.1) is 14.2 Å². The highest BCUT2D eigenvalue weighted by atomic mass is 79.9. The van der Waals surface area contributed by atoms with E-state index in [1.165, 1.54) is 0 Å². The summed E-state index contributed by atoms with van der Waals surface area (Å²) in [7, 11) is 3.12. The van der Waals surface area contributed by atoms with Gasteiger partial charge in [0.2, 0.25) is 0 Å². The van der Waals surface area contributed by atoms with Crippen LogP contribution in [0.15, 0.2) is 34.8 Å². The Morgan fingerprint density at radius 3 is 1.95 bits per heavy atom. The van der Waals surface area contributed by atoms with E-state index in [1.807, 2.05) is 32.0 Å². The van der Waals surface area contributed by atoms with Crippen LogP contribution in [0.2, 0.25) is 0 Å². The highest BCUT2D eigenvalue weighted by Gasteiger charge is 2.17. The number of carbonyl (C=O) groups excluding carboxylic acids is 1. The summed E-state index contributed by atoms with van der Waals surface area (Å²) in [4.78, 5) is 12.7. The molecule has 0 N–H and O–H groups in total. The van der Waals surface area contributed by atoms with Crippen LogP contribution in [0, 0.1) is 13.8 Å². The molecular weight excluding hydrogens is 332 g/mol. The molecule has 0 spiro atoms. The molecule has 0 fully saturated rings. The van der Waals surface area contributed by atoms with Gasteiger partial charge < -0.3 is 9.47 Å². The van der Waals surface area contributed by atoms with Crippen LogP contribution in [0.1, 0.15) is 27.0 Å². The standard InChI is InChI=1S/C17H17BrO3/c1-10-5-11(2)7-12(6-10)17(19)13-8-15(20-3)16(21-4)9-14(13)18/h5-9H,1-4H3. The van der Waals surface area contributed by atoms with Crippen molar-refractivity contribution in [2.75, 3.05) is 14.2 Å². The topological polar surface area (TPSA) is 35.5 Å². The Hall–Kier alpha value is -1.81. The van der Waals surface area contributed by atoms with Crippen molar-refractivity contribution in [2.45, 2.75) is 13.8 Å². The summed E-state index contributed by atoms with van der Waals surface area (Å²) in [6.07, 6.45) is 0. The van der Waals surface area contributed by atoms with Crippen molar-refractivity contribution in [3.8, 4) is 11.5 Å². The van der Waals surface area contributed by atoms with Gasteiger partial charge in [-0.15, -0.1) is 0 Å². The molecule has 0 bridgehead atoms. The van der Waals surface area contributed by atoms with Gasteiger partial charge in [-0.25, -0.2) is 0 Å². The number of benzene rings is 2. The van der Waals surface area contributed by atoms with Crippen molar-refractivity contribution < 1.29 is 14.3 Å². The van der Waals surface area contributed by atoms with Crippen molar-refractivity contribution in [1.82, 2.24) is 0 Å². The fourth-order valence-electron chi connectivity index (χ4n) is 2.29. The molecule has 0 unspecified atom stereocenters. The van der Waals surface area contributed by atoms with Gasteiger partial charge in [-0.2, -0.15) is 0 Å². The number of hydrogen-bond donors (Lipinski definition) is 0. The monoisotopic (exact) mass is 348 g/mol. The van der Waals surface area contributed by atoms with E-state index in [4.69, 9.17) is 9.47 Å². The Kier molecular flexibility index (Phi) is 4.68. The molecule has 21 heavy (non-hydrogen) atoms. The molecule has 0 aromatic heterocycles. The predicted octanol–water partition coefficient (Wildman–Crippen LogP) is 4.31. The summed E-state index contributed by atoms with van der Waals surface area (Å²) in [6.45, 7) is 3.96. The Bertz CT molecular complexity index is 672. The van der Waals surface area contributed by atoms with Gasteiger partial charge in [0.25, 0.3) is 0 Å². The van der Waals surface area contributed by atoms with Crippen LogP contribution >= 0.6 is 15.9 Å². The maximum atomic E-state index is 12.7. The third-order valence-electron chi connectivity index (χ3n) is 3.20. The molecule has 110 valence electrons. The summed E-state index contributed by atoms with van der Waals surface area (Å²) in [6, 6.07) is 9.26. The highest BCUT2D eigenvalue weighted by Crippen LogP contribution is 2.34. The molecule has 0 aliphatic carbocycles. The first kappa shape index (κ1) is 15.6. The lowest BCUT2D eigenvalue weighted by Gasteiger charge is -2.12. The van der Waals surface area contributed by atoms with Gasteiger partial charge >= 0.3 is 0 Å². The number of methoxy groups -OCH3 is 2. The van der Waals surface area contributed by atoms with E-state index >= 15 is 0 Å². The highest BCUT2D eigenvalue weighted by molar-refractivity contribution is 9.10. The van der Waals surface area contributed by atoms with E-state index in [9.17, 15) is 4.79 Å². The minimum absolute atomic E-state index is 0.0466. The zero-order chi connectivity index (χ0) is 15.6. The Balaban J connectivity index is 2.52. The predicted molar refractivity (Wildman–Crippen MR) is 86.6 cm³/mol. The van der Waals surface area contributed by atoms with Gasteiger partial charge in [0, 0.05) is 15.6 Å². The van der Waals surface area contributed by atoms with Crippen molar-refractivity contribution in [1.29, 1.82) is 0 Å². The van der Waals surface area contributed by atoms with Gasteiger partial charge in [-0.05, 0) is 54.0 Å². The van der Waals surface area contributed by atoms with Crippen LogP contribution in [0.4, 0.5) is 0 Å². The van der Waals surface area contributed by atoms with Crippen LogP contribution in [0.3, 0.4) is 0 Å². The molecule has 0 aliphatic heterocycles. The summed E-state index contributed by atoms with van der Waals surface area (Å²) < 4.78 is 11.2. The number of hydrogen-bond acceptors (Lipinski definition) is 3. The zero-order valence-electron chi connectivity index (χ0n) is 12.5. The lowest BCUT2D eigenvalue weighted by Crippen LogP contribution is -2.04. The van der Waals surface area contributed by atoms with E-state index in [0.29, 0.717) is 27.1 Å². The smallest absolute Gasteiger partial charge is 0.194 e.